The quantitative estimate of drug-likeness (QED) is 0.656. The second-order valence-corrected chi connectivity index (χ2v) is 5.52. The third-order valence-corrected chi connectivity index (χ3v) is 4.21. The summed E-state index contributed by atoms with van der Waals surface area (Å²) >= 11 is 0. The Morgan fingerprint density at radius 2 is 1.33 bits per heavy atom. The van der Waals surface area contributed by atoms with Gasteiger partial charge in [0.2, 0.25) is 0 Å². The van der Waals surface area contributed by atoms with Gasteiger partial charge in [0.25, 0.3) is 0 Å². The van der Waals surface area contributed by atoms with Crippen LogP contribution in [0.4, 0.5) is 0 Å². The monoisotopic (exact) mass is 210 g/mol. The SMILES string of the molecule is CC1CCCCN1N1C(C)CCCC1C. The van der Waals surface area contributed by atoms with E-state index < -0.39 is 0 Å². The van der Waals surface area contributed by atoms with E-state index in [0.717, 1.165) is 18.1 Å². The van der Waals surface area contributed by atoms with E-state index in [1.165, 1.54) is 45.1 Å². The van der Waals surface area contributed by atoms with Crippen molar-refractivity contribution in [3.63, 3.8) is 0 Å². The van der Waals surface area contributed by atoms with E-state index >= 15 is 0 Å². The molecule has 0 aromatic heterocycles. The largest absolute Gasteiger partial charge is 0.238 e. The molecule has 0 radical (unpaired) electrons. The van der Waals surface area contributed by atoms with Crippen molar-refractivity contribution in [1.29, 1.82) is 0 Å². The number of nitrogens with zero attached hydrogens (tertiary/aromatic N) is 2. The molecule has 2 saturated heterocycles. The molecule has 0 N–H and O–H groups in total. The van der Waals surface area contributed by atoms with Crippen LogP contribution in [0.15, 0.2) is 0 Å². The summed E-state index contributed by atoms with van der Waals surface area (Å²) in [6.45, 7) is 8.48. The molecule has 0 amide bonds. The van der Waals surface area contributed by atoms with Crippen LogP contribution in [-0.4, -0.2) is 34.7 Å². The molecule has 2 aliphatic heterocycles. The summed E-state index contributed by atoms with van der Waals surface area (Å²) < 4.78 is 0. The molecule has 2 heteroatoms. The zero-order valence-corrected chi connectivity index (χ0v) is 10.6. The average Bonchev–Trinajstić information content (AvgIpc) is 2.20. The number of hydrazine groups is 1. The van der Waals surface area contributed by atoms with E-state index in [0.29, 0.717) is 0 Å². The van der Waals surface area contributed by atoms with Gasteiger partial charge < -0.3 is 0 Å². The van der Waals surface area contributed by atoms with E-state index in [9.17, 15) is 0 Å². The first-order valence-electron chi connectivity index (χ1n) is 6.75. The van der Waals surface area contributed by atoms with Crippen molar-refractivity contribution in [3.8, 4) is 0 Å². The van der Waals surface area contributed by atoms with Gasteiger partial charge in [-0.05, 0) is 46.5 Å². The molecule has 2 fully saturated rings. The Kier molecular flexibility index (Phi) is 3.68. The third-order valence-electron chi connectivity index (χ3n) is 4.21. The second kappa shape index (κ2) is 4.84. The fourth-order valence-electron chi connectivity index (χ4n) is 3.34. The van der Waals surface area contributed by atoms with E-state index in [1.807, 2.05) is 0 Å². The van der Waals surface area contributed by atoms with Crippen LogP contribution in [0.25, 0.3) is 0 Å². The predicted octanol–water partition coefficient (Wildman–Crippen LogP) is 3.04. The lowest BCUT2D eigenvalue weighted by molar-refractivity contribution is -0.137. The minimum absolute atomic E-state index is 0.759. The van der Waals surface area contributed by atoms with Gasteiger partial charge in [-0.2, -0.15) is 0 Å². The van der Waals surface area contributed by atoms with Crippen molar-refractivity contribution in [2.24, 2.45) is 0 Å². The molecule has 0 bridgehead atoms. The first-order chi connectivity index (χ1) is 7.20. The van der Waals surface area contributed by atoms with Gasteiger partial charge in [-0.15, -0.1) is 0 Å². The van der Waals surface area contributed by atoms with Gasteiger partial charge in [-0.25, -0.2) is 10.0 Å². The third kappa shape index (κ3) is 2.36. The number of rotatable bonds is 1. The highest BCUT2D eigenvalue weighted by atomic mass is 15.7. The maximum Gasteiger partial charge on any atom is 0.0220 e. The molecule has 3 unspecified atom stereocenters. The Balaban J connectivity index is 2.05. The fourth-order valence-corrected chi connectivity index (χ4v) is 3.34. The highest BCUT2D eigenvalue weighted by Gasteiger charge is 2.33. The minimum Gasteiger partial charge on any atom is -0.238 e. The maximum atomic E-state index is 2.69. The molecular formula is C13H26N2. The van der Waals surface area contributed by atoms with E-state index in [4.69, 9.17) is 0 Å². The van der Waals surface area contributed by atoms with Gasteiger partial charge in [-0.3, -0.25) is 0 Å². The van der Waals surface area contributed by atoms with Crippen molar-refractivity contribution in [1.82, 2.24) is 10.0 Å². The molecule has 88 valence electrons. The van der Waals surface area contributed by atoms with Crippen molar-refractivity contribution in [2.75, 3.05) is 6.54 Å². The fraction of sp³-hybridized carbons (Fsp3) is 1.00. The lowest BCUT2D eigenvalue weighted by Gasteiger charge is -2.50. The van der Waals surface area contributed by atoms with Gasteiger partial charge >= 0.3 is 0 Å². The van der Waals surface area contributed by atoms with Crippen LogP contribution in [0.5, 0.6) is 0 Å². The second-order valence-electron chi connectivity index (χ2n) is 5.52. The smallest absolute Gasteiger partial charge is 0.0220 e. The highest BCUT2D eigenvalue weighted by Crippen LogP contribution is 2.28. The summed E-state index contributed by atoms with van der Waals surface area (Å²) in [5, 5.41) is 5.35. The summed E-state index contributed by atoms with van der Waals surface area (Å²) in [6.07, 6.45) is 8.38. The van der Waals surface area contributed by atoms with Crippen LogP contribution in [-0.2, 0) is 0 Å². The average molecular weight is 210 g/mol. The lowest BCUT2D eigenvalue weighted by atomic mass is 9.98. The van der Waals surface area contributed by atoms with Crippen molar-refractivity contribution >= 4 is 0 Å². The van der Waals surface area contributed by atoms with Gasteiger partial charge in [0.1, 0.15) is 0 Å². The molecule has 3 atom stereocenters. The van der Waals surface area contributed by atoms with E-state index in [1.54, 1.807) is 0 Å². The molecule has 0 spiro atoms. The van der Waals surface area contributed by atoms with Gasteiger partial charge in [0.15, 0.2) is 0 Å². The molecule has 0 aromatic carbocycles. The van der Waals surface area contributed by atoms with Gasteiger partial charge in [0, 0.05) is 24.7 Å². The predicted molar refractivity (Wildman–Crippen MR) is 64.6 cm³/mol. The Morgan fingerprint density at radius 1 is 0.733 bits per heavy atom. The molecule has 2 nitrogen and oxygen atoms in total. The minimum atomic E-state index is 0.759. The first-order valence-corrected chi connectivity index (χ1v) is 6.75. The van der Waals surface area contributed by atoms with Crippen molar-refractivity contribution < 1.29 is 0 Å². The topological polar surface area (TPSA) is 6.48 Å². The Morgan fingerprint density at radius 3 is 1.93 bits per heavy atom. The summed E-state index contributed by atoms with van der Waals surface area (Å²) in [5.74, 6) is 0. The number of hydrogen-bond acceptors (Lipinski definition) is 2. The highest BCUT2D eigenvalue weighted by molar-refractivity contribution is 4.82. The van der Waals surface area contributed by atoms with E-state index in [2.05, 4.69) is 30.8 Å². The first kappa shape index (κ1) is 11.4. The normalized spacial score (nSPS) is 40.6. The molecule has 2 aliphatic rings. The molecule has 0 saturated carbocycles. The Labute approximate surface area is 94.6 Å². The molecule has 2 heterocycles. The number of piperidine rings is 2. The van der Waals surface area contributed by atoms with Crippen LogP contribution in [0, 0.1) is 0 Å². The summed E-state index contributed by atoms with van der Waals surface area (Å²) in [5.41, 5.74) is 0. The summed E-state index contributed by atoms with van der Waals surface area (Å²) in [4.78, 5) is 0. The van der Waals surface area contributed by atoms with Gasteiger partial charge in [0.05, 0.1) is 0 Å². The van der Waals surface area contributed by atoms with E-state index in [-0.39, 0.29) is 0 Å². The van der Waals surface area contributed by atoms with Crippen LogP contribution in [0.3, 0.4) is 0 Å². The van der Waals surface area contributed by atoms with Crippen molar-refractivity contribution in [3.05, 3.63) is 0 Å². The molecule has 0 aliphatic carbocycles. The Bertz CT molecular complexity index is 195. The Hall–Kier alpha value is -0.0800. The maximum absolute atomic E-state index is 2.69. The van der Waals surface area contributed by atoms with Crippen LogP contribution in [0.1, 0.15) is 59.3 Å². The molecule has 15 heavy (non-hydrogen) atoms. The van der Waals surface area contributed by atoms with Gasteiger partial charge in [-0.1, -0.05) is 12.8 Å². The zero-order valence-electron chi connectivity index (χ0n) is 10.6. The van der Waals surface area contributed by atoms with Crippen LogP contribution >= 0.6 is 0 Å². The number of hydrogen-bond donors (Lipinski definition) is 0. The summed E-state index contributed by atoms with van der Waals surface area (Å²) in [6, 6.07) is 2.28. The molecule has 0 aromatic rings. The summed E-state index contributed by atoms with van der Waals surface area (Å²) in [7, 11) is 0. The van der Waals surface area contributed by atoms with Crippen LogP contribution < -0.4 is 0 Å². The van der Waals surface area contributed by atoms with Crippen molar-refractivity contribution in [2.45, 2.75) is 77.4 Å². The standard InChI is InChI=1S/C13H26N2/c1-11-7-4-5-10-14(11)15-12(2)8-6-9-13(15)3/h11-13H,4-10H2,1-3H3. The van der Waals surface area contributed by atoms with Crippen LogP contribution in [0.2, 0.25) is 0 Å². The molecule has 2 rings (SSSR count). The lowest BCUT2D eigenvalue weighted by Crippen LogP contribution is -2.58. The zero-order chi connectivity index (χ0) is 10.8. The molecular weight excluding hydrogens is 184 g/mol.